The lowest BCUT2D eigenvalue weighted by Gasteiger charge is -2.09. The molecule has 0 bridgehead atoms. The van der Waals surface area contributed by atoms with Gasteiger partial charge in [0.15, 0.2) is 0 Å². The van der Waals surface area contributed by atoms with Crippen LogP contribution in [0.3, 0.4) is 0 Å². The van der Waals surface area contributed by atoms with Gasteiger partial charge < -0.3 is 9.15 Å². The topological polar surface area (TPSA) is 74.3 Å². The number of aryl methyl sites for hydroxylation is 2. The second-order valence-electron chi connectivity index (χ2n) is 7.16. The van der Waals surface area contributed by atoms with Gasteiger partial charge in [0.1, 0.15) is 22.9 Å². The van der Waals surface area contributed by atoms with Crippen LogP contribution in [0.5, 0.6) is 0 Å². The molecule has 0 aliphatic rings. The Morgan fingerprint density at radius 3 is 2.61 bits per heavy atom. The number of carbonyl (C=O) groups excluding carboxylic acids is 1. The number of fused-ring (bicyclic) bond motifs is 1. The van der Waals surface area contributed by atoms with Crippen LogP contribution in [0.2, 0.25) is 10.2 Å². The largest absolute Gasteiger partial charge is 0.457 e. The van der Waals surface area contributed by atoms with Gasteiger partial charge in [-0.15, -0.1) is 0 Å². The van der Waals surface area contributed by atoms with Crippen molar-refractivity contribution in [2.24, 2.45) is 0 Å². The molecule has 2 aromatic carbocycles. The first-order valence-corrected chi connectivity index (χ1v) is 10.3. The highest BCUT2D eigenvalue weighted by Gasteiger charge is 2.22. The minimum Gasteiger partial charge on any atom is -0.457 e. The molecule has 0 radical (unpaired) electrons. The van der Waals surface area contributed by atoms with E-state index in [0.29, 0.717) is 33.8 Å². The third kappa shape index (κ3) is 4.36. The number of benzene rings is 2. The molecule has 6 nitrogen and oxygen atoms in total. The first kappa shape index (κ1) is 21.2. The molecule has 0 aliphatic carbocycles. The predicted octanol–water partition coefficient (Wildman–Crippen LogP) is 5.32. The van der Waals surface area contributed by atoms with Crippen LogP contribution in [0.4, 0.5) is 0 Å². The summed E-state index contributed by atoms with van der Waals surface area (Å²) in [5.74, 6) is -0.624. The number of hydrogen-bond donors (Lipinski definition) is 0. The molecule has 4 rings (SSSR count). The van der Waals surface area contributed by atoms with Crippen LogP contribution in [-0.4, -0.2) is 15.7 Å². The maximum absolute atomic E-state index is 12.8. The summed E-state index contributed by atoms with van der Waals surface area (Å²) < 4.78 is 12.3. The van der Waals surface area contributed by atoms with Crippen molar-refractivity contribution < 1.29 is 13.9 Å². The lowest BCUT2D eigenvalue weighted by Crippen LogP contribution is -2.09. The summed E-state index contributed by atoms with van der Waals surface area (Å²) in [5, 5.41) is 5.69. The molecule has 2 heterocycles. The molecule has 0 aliphatic heterocycles. The number of nitrogens with zero attached hydrogens (tertiary/aromatic N) is 2. The molecule has 0 N–H and O–H groups in total. The average molecular weight is 457 g/mol. The number of aromatic nitrogens is 2. The predicted molar refractivity (Wildman–Crippen MR) is 119 cm³/mol. The van der Waals surface area contributed by atoms with Crippen LogP contribution in [0.15, 0.2) is 57.7 Å². The van der Waals surface area contributed by atoms with Gasteiger partial charge >= 0.3 is 11.6 Å². The van der Waals surface area contributed by atoms with Crippen molar-refractivity contribution in [1.29, 1.82) is 0 Å². The highest BCUT2D eigenvalue weighted by atomic mass is 35.5. The maximum Gasteiger partial charge on any atom is 0.343 e. The third-order valence-corrected chi connectivity index (χ3v) is 5.70. The van der Waals surface area contributed by atoms with Crippen molar-refractivity contribution in [1.82, 2.24) is 9.78 Å². The zero-order chi connectivity index (χ0) is 22.1. The Labute approximate surface area is 188 Å². The van der Waals surface area contributed by atoms with Crippen molar-refractivity contribution in [3.63, 3.8) is 0 Å². The summed E-state index contributed by atoms with van der Waals surface area (Å²) in [6.07, 6.45) is 0. The van der Waals surface area contributed by atoms with Gasteiger partial charge in [0.25, 0.3) is 0 Å². The Hall–Kier alpha value is -3.09. The first-order chi connectivity index (χ1) is 14.8. The molecule has 4 aromatic rings. The molecule has 2 aromatic heterocycles. The Morgan fingerprint density at radius 2 is 1.87 bits per heavy atom. The first-order valence-electron chi connectivity index (χ1n) is 9.50. The van der Waals surface area contributed by atoms with E-state index >= 15 is 0 Å². The summed E-state index contributed by atoms with van der Waals surface area (Å²) in [6.45, 7) is 3.79. The van der Waals surface area contributed by atoms with Crippen LogP contribution < -0.4 is 5.63 Å². The van der Waals surface area contributed by atoms with Crippen molar-refractivity contribution in [2.75, 3.05) is 0 Å². The molecule has 0 fully saturated rings. The highest BCUT2D eigenvalue weighted by molar-refractivity contribution is 6.33. The lowest BCUT2D eigenvalue weighted by molar-refractivity contribution is 0.0473. The summed E-state index contributed by atoms with van der Waals surface area (Å²) in [7, 11) is 0. The van der Waals surface area contributed by atoms with Gasteiger partial charge in [-0.2, -0.15) is 5.10 Å². The van der Waals surface area contributed by atoms with E-state index in [1.165, 1.54) is 6.07 Å². The lowest BCUT2D eigenvalue weighted by atomic mass is 10.1. The zero-order valence-electron chi connectivity index (χ0n) is 16.8. The zero-order valence-corrected chi connectivity index (χ0v) is 18.3. The molecular weight excluding hydrogens is 439 g/mol. The molecule has 0 saturated carbocycles. The highest BCUT2D eigenvalue weighted by Crippen LogP contribution is 2.27. The van der Waals surface area contributed by atoms with E-state index in [1.807, 2.05) is 37.3 Å². The average Bonchev–Trinajstić information content (AvgIpc) is 3.01. The molecule has 0 atom stereocenters. The monoisotopic (exact) mass is 456 g/mol. The van der Waals surface area contributed by atoms with Crippen LogP contribution in [0.25, 0.3) is 11.0 Å². The number of rotatable bonds is 5. The van der Waals surface area contributed by atoms with Crippen molar-refractivity contribution in [3.05, 3.63) is 97.1 Å². The fraction of sp³-hybridized carbons (Fsp3) is 0.174. The summed E-state index contributed by atoms with van der Waals surface area (Å²) >= 11 is 12.6. The number of halogens is 2. The Bertz CT molecular complexity index is 1340. The normalized spacial score (nSPS) is 11.1. The SMILES string of the molecule is Cc1cc2oc(=O)cc(COC(=O)c3c(C)nn(Cc4ccccc4)c3Cl)c2cc1Cl. The smallest absolute Gasteiger partial charge is 0.343 e. The van der Waals surface area contributed by atoms with Gasteiger partial charge in [0, 0.05) is 22.0 Å². The quantitative estimate of drug-likeness (QED) is 0.300. The fourth-order valence-electron chi connectivity index (χ4n) is 3.33. The number of ether oxygens (including phenoxy) is 1. The Kier molecular flexibility index (Phi) is 5.85. The molecule has 0 unspecified atom stereocenters. The van der Waals surface area contributed by atoms with E-state index in [0.717, 1.165) is 11.1 Å². The van der Waals surface area contributed by atoms with Crippen molar-refractivity contribution in [3.8, 4) is 0 Å². The number of hydrogen-bond acceptors (Lipinski definition) is 5. The fourth-order valence-corrected chi connectivity index (χ4v) is 3.80. The van der Waals surface area contributed by atoms with Gasteiger partial charge in [-0.1, -0.05) is 53.5 Å². The number of esters is 1. The van der Waals surface area contributed by atoms with E-state index in [9.17, 15) is 9.59 Å². The molecular formula is C23H18Cl2N2O4. The molecule has 31 heavy (non-hydrogen) atoms. The van der Waals surface area contributed by atoms with E-state index in [1.54, 1.807) is 23.7 Å². The Balaban J connectivity index is 1.59. The van der Waals surface area contributed by atoms with Crippen molar-refractivity contribution >= 4 is 40.1 Å². The standard InChI is InChI=1S/C23H18Cl2N2O4/c1-13-8-19-17(10-18(13)24)16(9-20(28)31-19)12-30-23(29)21-14(2)26-27(22(21)25)11-15-6-4-3-5-7-15/h3-10H,11-12H2,1-2H3. The molecule has 0 spiro atoms. The second-order valence-corrected chi connectivity index (χ2v) is 7.92. The molecule has 0 saturated heterocycles. The summed E-state index contributed by atoms with van der Waals surface area (Å²) in [6, 6.07) is 14.3. The van der Waals surface area contributed by atoms with Crippen LogP contribution in [0, 0.1) is 13.8 Å². The molecule has 0 amide bonds. The van der Waals surface area contributed by atoms with Crippen molar-refractivity contribution in [2.45, 2.75) is 27.0 Å². The van der Waals surface area contributed by atoms with Gasteiger partial charge in [0.05, 0.1) is 12.2 Å². The van der Waals surface area contributed by atoms with Crippen LogP contribution in [0.1, 0.15) is 32.7 Å². The second kappa shape index (κ2) is 8.57. The van der Waals surface area contributed by atoms with Gasteiger partial charge in [-0.3, -0.25) is 0 Å². The van der Waals surface area contributed by atoms with E-state index in [2.05, 4.69) is 5.10 Å². The third-order valence-electron chi connectivity index (χ3n) is 4.91. The van der Waals surface area contributed by atoms with Crippen LogP contribution >= 0.6 is 23.2 Å². The number of carbonyl (C=O) groups is 1. The van der Waals surface area contributed by atoms with Crippen LogP contribution in [-0.2, 0) is 17.9 Å². The molecule has 8 heteroatoms. The Morgan fingerprint density at radius 1 is 1.13 bits per heavy atom. The molecule has 158 valence electrons. The van der Waals surface area contributed by atoms with E-state index in [-0.39, 0.29) is 17.3 Å². The minimum absolute atomic E-state index is 0.139. The van der Waals surface area contributed by atoms with Gasteiger partial charge in [0.2, 0.25) is 0 Å². The minimum atomic E-state index is -0.624. The van der Waals surface area contributed by atoms with Gasteiger partial charge in [-0.25, -0.2) is 14.3 Å². The maximum atomic E-state index is 12.8. The summed E-state index contributed by atoms with van der Waals surface area (Å²) in [5.41, 5.74) is 2.77. The van der Waals surface area contributed by atoms with E-state index < -0.39 is 11.6 Å². The van der Waals surface area contributed by atoms with Gasteiger partial charge in [-0.05, 0) is 37.1 Å². The van der Waals surface area contributed by atoms with E-state index in [4.69, 9.17) is 32.4 Å². The summed E-state index contributed by atoms with van der Waals surface area (Å²) in [4.78, 5) is 24.7.